The Bertz CT molecular complexity index is 636. The Kier molecular flexibility index (Phi) is 5.36. The summed E-state index contributed by atoms with van der Waals surface area (Å²) in [6.07, 6.45) is -0.864. The summed E-state index contributed by atoms with van der Waals surface area (Å²) in [5.74, 6) is -0.713. The second-order valence-corrected chi connectivity index (χ2v) is 8.15. The maximum Gasteiger partial charge on any atom is 0.410 e. The van der Waals surface area contributed by atoms with Crippen molar-refractivity contribution in [3.05, 3.63) is 35.9 Å². The Hall–Kier alpha value is -1.57. The molecule has 1 amide bonds. The molecular formula is C18H23NO5S. The van der Waals surface area contributed by atoms with Crippen LogP contribution in [0.1, 0.15) is 26.3 Å². The molecule has 2 aliphatic heterocycles. The first-order chi connectivity index (χ1) is 11.8. The Labute approximate surface area is 151 Å². The fourth-order valence-corrected chi connectivity index (χ4v) is 4.26. The van der Waals surface area contributed by atoms with Gasteiger partial charge in [-0.1, -0.05) is 42.1 Å². The van der Waals surface area contributed by atoms with Crippen LogP contribution in [-0.4, -0.2) is 52.4 Å². The van der Waals surface area contributed by atoms with Crippen molar-refractivity contribution in [2.45, 2.75) is 50.6 Å². The molecule has 25 heavy (non-hydrogen) atoms. The van der Waals surface area contributed by atoms with Crippen molar-refractivity contribution >= 4 is 23.0 Å². The lowest BCUT2D eigenvalue weighted by Crippen LogP contribution is -2.54. The number of piperidine rings is 1. The Balaban J connectivity index is 1.65. The highest BCUT2D eigenvalue weighted by molar-refractivity contribution is 8.14. The van der Waals surface area contributed by atoms with Gasteiger partial charge in [-0.25, -0.2) is 4.79 Å². The summed E-state index contributed by atoms with van der Waals surface area (Å²) in [7, 11) is 0. The van der Waals surface area contributed by atoms with Crippen LogP contribution in [-0.2, 0) is 25.6 Å². The predicted octanol–water partition coefficient (Wildman–Crippen LogP) is 2.81. The molecule has 0 spiro atoms. The Morgan fingerprint density at radius 3 is 2.64 bits per heavy atom. The van der Waals surface area contributed by atoms with Crippen LogP contribution < -0.4 is 0 Å². The van der Waals surface area contributed by atoms with Crippen molar-refractivity contribution in [3.63, 3.8) is 0 Å². The zero-order valence-corrected chi connectivity index (χ0v) is 15.5. The molecule has 0 aromatic heterocycles. The molecule has 0 saturated carbocycles. The molecule has 6 nitrogen and oxygen atoms in total. The Morgan fingerprint density at radius 2 is 1.96 bits per heavy atom. The summed E-state index contributed by atoms with van der Waals surface area (Å²) in [4.78, 5) is 25.7. The first-order valence-electron chi connectivity index (χ1n) is 8.32. The molecule has 3 rings (SSSR count). The second kappa shape index (κ2) is 7.35. The van der Waals surface area contributed by atoms with Crippen molar-refractivity contribution in [3.8, 4) is 0 Å². The number of likely N-dealkylation sites (tertiary alicyclic amines) is 1. The van der Waals surface area contributed by atoms with Gasteiger partial charge in [0.15, 0.2) is 10.9 Å². The van der Waals surface area contributed by atoms with Gasteiger partial charge < -0.3 is 19.1 Å². The second-order valence-electron chi connectivity index (χ2n) is 6.73. The van der Waals surface area contributed by atoms with E-state index in [0.717, 1.165) is 5.56 Å². The zero-order valence-electron chi connectivity index (χ0n) is 14.6. The van der Waals surface area contributed by atoms with Gasteiger partial charge in [0, 0.05) is 13.5 Å². The number of carbonyl (C=O) groups is 2. The van der Waals surface area contributed by atoms with Crippen molar-refractivity contribution in [2.75, 3.05) is 13.1 Å². The van der Waals surface area contributed by atoms with E-state index in [1.54, 1.807) is 4.90 Å². The van der Waals surface area contributed by atoms with Crippen LogP contribution in [0.15, 0.2) is 30.3 Å². The minimum Gasteiger partial charge on any atom is -0.445 e. The van der Waals surface area contributed by atoms with Crippen LogP contribution in [0.5, 0.6) is 0 Å². The number of hydrogen-bond acceptors (Lipinski definition) is 6. The molecule has 3 atom stereocenters. The van der Waals surface area contributed by atoms with Gasteiger partial charge in [-0.2, -0.15) is 0 Å². The van der Waals surface area contributed by atoms with Gasteiger partial charge >= 0.3 is 6.09 Å². The van der Waals surface area contributed by atoms with E-state index in [4.69, 9.17) is 14.2 Å². The van der Waals surface area contributed by atoms with E-state index in [2.05, 4.69) is 0 Å². The highest BCUT2D eigenvalue weighted by atomic mass is 32.2. The van der Waals surface area contributed by atoms with Gasteiger partial charge in [0.2, 0.25) is 0 Å². The molecule has 2 saturated heterocycles. The minimum absolute atomic E-state index is 0.00319. The number of benzene rings is 1. The zero-order chi connectivity index (χ0) is 18.0. The average molecular weight is 365 g/mol. The molecule has 2 heterocycles. The normalized spacial score (nSPS) is 27.6. The standard InChI is InChI=1S/C18H23NO5S/c1-12(20)25-15-10-19(9-14-16(15)24-18(2,3)23-14)17(21)22-11-13-7-5-4-6-8-13/h4-8,14-16H,9-11H2,1-3H3/t14-,15-,16-/m0/s1. The van der Waals surface area contributed by atoms with Crippen LogP contribution in [0.2, 0.25) is 0 Å². The summed E-state index contributed by atoms with van der Waals surface area (Å²) < 4.78 is 17.3. The molecule has 1 aromatic carbocycles. The molecule has 2 aliphatic rings. The molecule has 1 aromatic rings. The third-order valence-electron chi connectivity index (χ3n) is 4.17. The first kappa shape index (κ1) is 18.2. The van der Waals surface area contributed by atoms with Gasteiger partial charge in [-0.3, -0.25) is 4.79 Å². The molecule has 0 N–H and O–H groups in total. The molecule has 2 fully saturated rings. The molecule has 136 valence electrons. The van der Waals surface area contributed by atoms with Gasteiger partial charge in [0.25, 0.3) is 0 Å². The summed E-state index contributed by atoms with van der Waals surface area (Å²) in [5, 5.41) is -0.168. The number of carbonyl (C=O) groups excluding carboxylic acids is 2. The van der Waals surface area contributed by atoms with E-state index >= 15 is 0 Å². The molecule has 0 bridgehead atoms. The third-order valence-corrected chi connectivity index (χ3v) is 5.22. The number of thioether (sulfide) groups is 1. The lowest BCUT2D eigenvalue weighted by molar-refractivity contribution is -0.144. The highest BCUT2D eigenvalue weighted by Gasteiger charge is 2.50. The highest BCUT2D eigenvalue weighted by Crippen LogP contribution is 2.37. The minimum atomic E-state index is -0.713. The number of fused-ring (bicyclic) bond motifs is 1. The van der Waals surface area contributed by atoms with Gasteiger partial charge in [0.05, 0.1) is 11.8 Å². The van der Waals surface area contributed by atoms with Gasteiger partial charge in [0.1, 0.15) is 18.8 Å². The molecule has 7 heteroatoms. The quantitative estimate of drug-likeness (QED) is 0.821. The van der Waals surface area contributed by atoms with Crippen molar-refractivity contribution < 1.29 is 23.8 Å². The lowest BCUT2D eigenvalue weighted by Gasteiger charge is -2.37. The molecular weight excluding hydrogens is 342 g/mol. The van der Waals surface area contributed by atoms with E-state index in [0.29, 0.717) is 13.1 Å². The number of nitrogens with zero attached hydrogens (tertiary/aromatic N) is 1. The Morgan fingerprint density at radius 1 is 1.24 bits per heavy atom. The fourth-order valence-electron chi connectivity index (χ4n) is 3.21. The van der Waals surface area contributed by atoms with E-state index in [1.165, 1.54) is 18.7 Å². The number of ether oxygens (including phenoxy) is 3. The maximum absolute atomic E-state index is 12.5. The molecule has 0 unspecified atom stereocenters. The topological polar surface area (TPSA) is 65.1 Å². The lowest BCUT2D eigenvalue weighted by atomic mass is 10.1. The molecule has 0 radical (unpaired) electrons. The smallest absolute Gasteiger partial charge is 0.410 e. The summed E-state index contributed by atoms with van der Waals surface area (Å²) in [5.41, 5.74) is 0.932. The van der Waals surface area contributed by atoms with Gasteiger partial charge in [-0.05, 0) is 19.4 Å². The first-order valence-corrected chi connectivity index (χ1v) is 9.20. The van der Waals surface area contributed by atoms with E-state index in [1.807, 2.05) is 44.2 Å². The largest absolute Gasteiger partial charge is 0.445 e. The van der Waals surface area contributed by atoms with Crippen LogP contribution in [0.4, 0.5) is 4.79 Å². The number of hydrogen-bond donors (Lipinski definition) is 0. The van der Waals surface area contributed by atoms with E-state index in [-0.39, 0.29) is 29.2 Å². The molecule has 0 aliphatic carbocycles. The summed E-state index contributed by atoms with van der Waals surface area (Å²) in [6.45, 7) is 6.23. The number of amides is 1. The fraction of sp³-hybridized carbons (Fsp3) is 0.556. The average Bonchev–Trinajstić information content (AvgIpc) is 2.87. The van der Waals surface area contributed by atoms with Crippen molar-refractivity contribution in [1.29, 1.82) is 0 Å². The third kappa shape index (κ3) is 4.54. The van der Waals surface area contributed by atoms with Gasteiger partial charge in [-0.15, -0.1) is 0 Å². The van der Waals surface area contributed by atoms with Crippen molar-refractivity contribution in [2.24, 2.45) is 0 Å². The monoisotopic (exact) mass is 365 g/mol. The summed E-state index contributed by atoms with van der Waals surface area (Å²) >= 11 is 1.19. The van der Waals surface area contributed by atoms with Crippen molar-refractivity contribution in [1.82, 2.24) is 4.90 Å². The van der Waals surface area contributed by atoms with E-state index < -0.39 is 11.9 Å². The van der Waals surface area contributed by atoms with Crippen LogP contribution in [0, 0.1) is 0 Å². The van der Waals surface area contributed by atoms with E-state index in [9.17, 15) is 9.59 Å². The van der Waals surface area contributed by atoms with Crippen LogP contribution in [0.25, 0.3) is 0 Å². The van der Waals surface area contributed by atoms with Crippen LogP contribution >= 0.6 is 11.8 Å². The predicted molar refractivity (Wildman–Crippen MR) is 94.1 cm³/mol. The SMILES string of the molecule is CC(=O)S[C@H]1CN(C(=O)OCc2ccccc2)C[C@@H]2OC(C)(C)O[C@@H]21. The summed E-state index contributed by atoms with van der Waals surface area (Å²) in [6, 6.07) is 9.54. The maximum atomic E-state index is 12.5. The number of rotatable bonds is 3. The van der Waals surface area contributed by atoms with Crippen LogP contribution in [0.3, 0.4) is 0 Å².